The van der Waals surface area contributed by atoms with Gasteiger partial charge >= 0.3 is 0 Å². The maximum atomic E-state index is 12.7. The molecule has 0 fully saturated rings. The van der Waals surface area contributed by atoms with Crippen LogP contribution < -0.4 is 0 Å². The zero-order valence-electron chi connectivity index (χ0n) is 7.77. The van der Waals surface area contributed by atoms with Gasteiger partial charge in [0, 0.05) is 0 Å². The molecule has 0 aliphatic heterocycles. The lowest BCUT2D eigenvalue weighted by Crippen LogP contribution is -2.19. The Morgan fingerprint density at radius 3 is 2.27 bits per heavy atom. The number of pyridine rings is 1. The summed E-state index contributed by atoms with van der Waals surface area (Å²) < 4.78 is 25.4. The molecule has 6 heteroatoms. The number of nitrogens with zero attached hydrogens (tertiary/aromatic N) is 1. The van der Waals surface area contributed by atoms with Crippen LogP contribution in [0.5, 0.6) is 0 Å². The van der Waals surface area contributed by atoms with Gasteiger partial charge in [0.15, 0.2) is 0 Å². The molecular weight excluding hydrogens is 224 g/mol. The summed E-state index contributed by atoms with van der Waals surface area (Å²) in [6, 6.07) is 1.77. The molecule has 2 N–H and O–H groups in total. The van der Waals surface area contributed by atoms with Gasteiger partial charge in [-0.2, -0.15) is 26.4 Å². The summed E-state index contributed by atoms with van der Waals surface area (Å²) in [7, 11) is 0. The van der Waals surface area contributed by atoms with Crippen LogP contribution in [0.4, 0.5) is 8.78 Å². The Morgan fingerprint density at radius 2 is 1.80 bits per heavy atom. The molecule has 0 saturated heterocycles. The summed E-state index contributed by atoms with van der Waals surface area (Å²) in [6.45, 7) is 0. The molecule has 1 heterocycles. The van der Waals surface area contributed by atoms with Gasteiger partial charge in [-0.25, -0.2) is 0 Å². The second kappa shape index (κ2) is 5.39. The van der Waals surface area contributed by atoms with Crippen LogP contribution in [0.15, 0.2) is 12.1 Å². The fraction of sp³-hybridized carbons (Fsp3) is 0.444. The maximum Gasteiger partial charge on any atom is 0.215 e. The van der Waals surface area contributed by atoms with Gasteiger partial charge in [-0.3, -0.25) is 0 Å². The lowest BCUT2D eigenvalue weighted by atomic mass is 10.0. The fourth-order valence-corrected chi connectivity index (χ4v) is 1.43. The van der Waals surface area contributed by atoms with Crippen molar-refractivity contribution in [3.63, 3.8) is 0 Å². The molecule has 3 nitrogen and oxygen atoms in total. The minimum atomic E-state index is -1.33. The molecule has 0 amide bonds. The third-order valence-electron chi connectivity index (χ3n) is 1.92. The summed E-state index contributed by atoms with van der Waals surface area (Å²) in [5, 5.41) is 18.9. The van der Waals surface area contributed by atoms with E-state index in [0.717, 1.165) is 12.1 Å². The average molecular weight is 235 g/mol. The average Bonchev–Trinajstić information content (AvgIpc) is 2.15. The first-order valence-electron chi connectivity index (χ1n) is 4.34. The van der Waals surface area contributed by atoms with Crippen LogP contribution in [0.3, 0.4) is 0 Å². The number of aliphatic hydroxyl groups excluding tert-OH is 2. The lowest BCUT2D eigenvalue weighted by Gasteiger charge is -2.17. The molecule has 0 bridgehead atoms. The van der Waals surface area contributed by atoms with E-state index in [1.807, 2.05) is 0 Å². The standard InChI is InChI=1S/C9H11F2NO2S/c10-7-3-5(4-8(11)12-7)9(14)6(13)1-2-15/h3-4,6,9,13-15H,1-2H2. The summed E-state index contributed by atoms with van der Waals surface area (Å²) in [4.78, 5) is 2.88. The predicted octanol–water partition coefficient (Wildman–Crippen LogP) is 1.07. The van der Waals surface area contributed by atoms with Gasteiger partial charge in [-0.1, -0.05) is 0 Å². The van der Waals surface area contributed by atoms with Gasteiger partial charge in [-0.15, -0.1) is 0 Å². The van der Waals surface area contributed by atoms with Gasteiger partial charge < -0.3 is 10.2 Å². The fourth-order valence-electron chi connectivity index (χ4n) is 1.17. The normalized spacial score (nSPS) is 15.0. The molecule has 15 heavy (non-hydrogen) atoms. The van der Waals surface area contributed by atoms with E-state index in [1.165, 1.54) is 0 Å². The highest BCUT2D eigenvalue weighted by atomic mass is 32.1. The topological polar surface area (TPSA) is 53.4 Å². The van der Waals surface area contributed by atoms with Gasteiger partial charge in [-0.05, 0) is 29.9 Å². The molecule has 0 aliphatic carbocycles. The summed E-state index contributed by atoms with van der Waals surface area (Å²) in [6.07, 6.45) is -2.19. The molecule has 2 unspecified atom stereocenters. The second-order valence-electron chi connectivity index (χ2n) is 3.07. The van der Waals surface area contributed by atoms with Crippen LogP contribution in [0.25, 0.3) is 0 Å². The second-order valence-corrected chi connectivity index (χ2v) is 3.52. The van der Waals surface area contributed by atoms with Crippen LogP contribution in [0.1, 0.15) is 18.1 Å². The highest BCUT2D eigenvalue weighted by molar-refractivity contribution is 7.80. The van der Waals surface area contributed by atoms with E-state index >= 15 is 0 Å². The van der Waals surface area contributed by atoms with Crippen molar-refractivity contribution in [1.29, 1.82) is 0 Å². The Balaban J connectivity index is 2.85. The zero-order valence-corrected chi connectivity index (χ0v) is 8.66. The molecule has 0 saturated carbocycles. The van der Waals surface area contributed by atoms with Gasteiger partial charge in [0.2, 0.25) is 11.9 Å². The third kappa shape index (κ3) is 3.40. The van der Waals surface area contributed by atoms with Crippen molar-refractivity contribution >= 4 is 12.6 Å². The predicted molar refractivity (Wildman–Crippen MR) is 53.6 cm³/mol. The molecule has 1 aromatic heterocycles. The molecule has 1 rings (SSSR count). The smallest absolute Gasteiger partial charge is 0.215 e. The molecule has 0 spiro atoms. The largest absolute Gasteiger partial charge is 0.390 e. The maximum absolute atomic E-state index is 12.7. The minimum absolute atomic E-state index is 0.0331. The molecule has 1 aromatic rings. The number of aromatic nitrogens is 1. The molecule has 0 aromatic carbocycles. The Bertz CT molecular complexity index is 318. The first kappa shape index (κ1) is 12.4. The number of hydrogen-bond acceptors (Lipinski definition) is 4. The van der Waals surface area contributed by atoms with Crippen molar-refractivity contribution in [2.24, 2.45) is 0 Å². The number of hydrogen-bond donors (Lipinski definition) is 3. The summed E-state index contributed by atoms with van der Waals surface area (Å²) in [5.74, 6) is -1.68. The van der Waals surface area contributed by atoms with E-state index in [9.17, 15) is 19.0 Å². The van der Waals surface area contributed by atoms with Crippen LogP contribution >= 0.6 is 12.6 Å². The van der Waals surface area contributed by atoms with Gasteiger partial charge in [0.05, 0.1) is 6.10 Å². The van der Waals surface area contributed by atoms with Crippen molar-refractivity contribution in [3.8, 4) is 0 Å². The molecule has 0 aliphatic rings. The Hall–Kier alpha value is -0.720. The first-order valence-corrected chi connectivity index (χ1v) is 4.98. The molecular formula is C9H11F2NO2S. The van der Waals surface area contributed by atoms with Crippen molar-refractivity contribution < 1.29 is 19.0 Å². The monoisotopic (exact) mass is 235 g/mol. The summed E-state index contributed by atoms with van der Waals surface area (Å²) >= 11 is 3.88. The molecule has 2 atom stereocenters. The van der Waals surface area contributed by atoms with Crippen molar-refractivity contribution in [1.82, 2.24) is 4.98 Å². The third-order valence-corrected chi connectivity index (χ3v) is 2.17. The van der Waals surface area contributed by atoms with Crippen molar-refractivity contribution in [3.05, 3.63) is 29.6 Å². The Morgan fingerprint density at radius 1 is 1.27 bits per heavy atom. The number of rotatable bonds is 4. The Kier molecular flexibility index (Phi) is 4.44. The van der Waals surface area contributed by atoms with E-state index in [2.05, 4.69) is 17.6 Å². The lowest BCUT2D eigenvalue weighted by molar-refractivity contribution is 0.0168. The zero-order chi connectivity index (χ0) is 11.4. The summed E-state index contributed by atoms with van der Waals surface area (Å²) in [5.41, 5.74) is -0.0331. The number of aliphatic hydroxyl groups is 2. The van der Waals surface area contributed by atoms with Crippen LogP contribution in [-0.4, -0.2) is 27.1 Å². The van der Waals surface area contributed by atoms with Crippen LogP contribution in [0, 0.1) is 11.9 Å². The molecule has 0 radical (unpaired) electrons. The van der Waals surface area contributed by atoms with Crippen molar-refractivity contribution in [2.45, 2.75) is 18.6 Å². The molecule has 84 valence electrons. The van der Waals surface area contributed by atoms with Crippen molar-refractivity contribution in [2.75, 3.05) is 5.75 Å². The highest BCUT2D eigenvalue weighted by Crippen LogP contribution is 2.20. The van der Waals surface area contributed by atoms with Gasteiger partial charge in [0.1, 0.15) is 6.10 Å². The van der Waals surface area contributed by atoms with E-state index in [0.29, 0.717) is 5.75 Å². The van der Waals surface area contributed by atoms with E-state index in [-0.39, 0.29) is 12.0 Å². The van der Waals surface area contributed by atoms with Gasteiger partial charge in [0.25, 0.3) is 0 Å². The van der Waals surface area contributed by atoms with E-state index < -0.39 is 24.1 Å². The van der Waals surface area contributed by atoms with Crippen LogP contribution in [0.2, 0.25) is 0 Å². The first-order chi connectivity index (χ1) is 7.04. The van der Waals surface area contributed by atoms with Crippen LogP contribution in [-0.2, 0) is 0 Å². The van der Waals surface area contributed by atoms with E-state index in [4.69, 9.17) is 0 Å². The number of thiol groups is 1. The minimum Gasteiger partial charge on any atom is -0.390 e. The SMILES string of the molecule is OC(CCS)C(O)c1cc(F)nc(F)c1. The quantitative estimate of drug-likeness (QED) is 0.540. The number of halogens is 2. The van der Waals surface area contributed by atoms with E-state index in [1.54, 1.807) is 0 Å². The highest BCUT2D eigenvalue weighted by Gasteiger charge is 2.19. The Labute approximate surface area is 91.2 Å².